The Morgan fingerprint density at radius 1 is 1.07 bits per heavy atom. The van der Waals surface area contributed by atoms with Gasteiger partial charge in [0.1, 0.15) is 0 Å². The first-order valence-corrected chi connectivity index (χ1v) is 9.60. The highest BCUT2D eigenvalue weighted by Crippen LogP contribution is 2.38. The van der Waals surface area contributed by atoms with Crippen LogP contribution in [-0.4, -0.2) is 32.2 Å². The molecule has 0 aliphatic carbocycles. The first-order valence-electron chi connectivity index (χ1n) is 8.34. The highest BCUT2D eigenvalue weighted by molar-refractivity contribution is 7.14. The summed E-state index contributed by atoms with van der Waals surface area (Å²) < 4.78 is 15.9. The molecular weight excluding hydrogens is 400 g/mol. The van der Waals surface area contributed by atoms with Crippen molar-refractivity contribution in [1.29, 1.82) is 0 Å². The molecule has 0 saturated carbocycles. The molecule has 0 radical (unpaired) electrons. The van der Waals surface area contributed by atoms with Crippen molar-refractivity contribution < 1.29 is 19.0 Å². The maximum atomic E-state index is 12.5. The Morgan fingerprint density at radius 3 is 2.29 bits per heavy atom. The number of nitrogens with zero attached hydrogens (tertiary/aromatic N) is 1. The van der Waals surface area contributed by atoms with E-state index >= 15 is 0 Å². The van der Waals surface area contributed by atoms with Crippen LogP contribution in [0.25, 0.3) is 11.3 Å². The summed E-state index contributed by atoms with van der Waals surface area (Å²) in [6.45, 7) is 0. The van der Waals surface area contributed by atoms with E-state index in [9.17, 15) is 4.79 Å². The lowest BCUT2D eigenvalue weighted by Crippen LogP contribution is -2.14. The number of halogens is 1. The second-order valence-corrected chi connectivity index (χ2v) is 7.10. The second-order valence-electron chi connectivity index (χ2n) is 5.80. The summed E-state index contributed by atoms with van der Waals surface area (Å²) in [6, 6.07) is 10.9. The van der Waals surface area contributed by atoms with Crippen LogP contribution in [0.1, 0.15) is 5.56 Å². The molecule has 2 aromatic carbocycles. The van der Waals surface area contributed by atoms with E-state index in [0.29, 0.717) is 27.4 Å². The third-order valence-corrected chi connectivity index (χ3v) is 4.99. The molecule has 0 fully saturated rings. The van der Waals surface area contributed by atoms with Gasteiger partial charge in [0, 0.05) is 16.0 Å². The number of amides is 1. The van der Waals surface area contributed by atoms with Crippen LogP contribution in [-0.2, 0) is 11.2 Å². The number of nitrogens with one attached hydrogen (secondary N) is 1. The first kappa shape index (κ1) is 20.0. The van der Waals surface area contributed by atoms with Crippen molar-refractivity contribution in [2.24, 2.45) is 0 Å². The molecule has 146 valence electrons. The van der Waals surface area contributed by atoms with E-state index in [2.05, 4.69) is 10.3 Å². The molecule has 3 rings (SSSR count). The molecule has 0 spiro atoms. The molecule has 8 heteroatoms. The monoisotopic (exact) mass is 418 g/mol. The van der Waals surface area contributed by atoms with Crippen LogP contribution >= 0.6 is 22.9 Å². The van der Waals surface area contributed by atoms with E-state index in [1.54, 1.807) is 24.3 Å². The van der Waals surface area contributed by atoms with Crippen LogP contribution < -0.4 is 19.5 Å². The van der Waals surface area contributed by atoms with Crippen molar-refractivity contribution in [3.8, 4) is 28.5 Å². The quantitative estimate of drug-likeness (QED) is 0.603. The number of ether oxygens (including phenoxy) is 3. The molecule has 1 N–H and O–H groups in total. The van der Waals surface area contributed by atoms with Gasteiger partial charge in [-0.15, -0.1) is 11.3 Å². The van der Waals surface area contributed by atoms with Gasteiger partial charge in [-0.3, -0.25) is 4.79 Å². The molecular formula is C20H19ClN2O4S. The van der Waals surface area contributed by atoms with E-state index in [0.717, 1.165) is 16.8 Å². The fourth-order valence-corrected chi connectivity index (χ4v) is 3.53. The van der Waals surface area contributed by atoms with Crippen LogP contribution in [0, 0.1) is 0 Å². The fourth-order valence-electron chi connectivity index (χ4n) is 2.67. The summed E-state index contributed by atoms with van der Waals surface area (Å²) in [7, 11) is 4.61. The summed E-state index contributed by atoms with van der Waals surface area (Å²) >= 11 is 7.28. The van der Waals surface area contributed by atoms with Crippen molar-refractivity contribution in [3.05, 3.63) is 52.4 Å². The number of methoxy groups -OCH3 is 3. The zero-order valence-electron chi connectivity index (χ0n) is 15.6. The standard InChI is InChI=1S/C20H19ClN2O4S/c1-25-16-8-12(9-17(26-2)19(16)27-3)10-18(24)23-20-22-15(11-28-20)13-4-6-14(21)7-5-13/h4-9,11H,10H2,1-3H3,(H,22,23,24). The van der Waals surface area contributed by atoms with E-state index in [4.69, 9.17) is 25.8 Å². The zero-order chi connectivity index (χ0) is 20.1. The molecule has 0 aliphatic heterocycles. The Labute approximate surface area is 172 Å². The lowest BCUT2D eigenvalue weighted by atomic mass is 10.1. The van der Waals surface area contributed by atoms with Crippen LogP contribution in [0.2, 0.25) is 5.02 Å². The van der Waals surface area contributed by atoms with Crippen molar-refractivity contribution in [2.75, 3.05) is 26.6 Å². The lowest BCUT2D eigenvalue weighted by Gasteiger charge is -2.13. The smallest absolute Gasteiger partial charge is 0.230 e. The first-order chi connectivity index (χ1) is 13.5. The normalized spacial score (nSPS) is 10.4. The molecule has 1 amide bonds. The zero-order valence-corrected chi connectivity index (χ0v) is 17.2. The summed E-state index contributed by atoms with van der Waals surface area (Å²) in [5.74, 6) is 1.31. The lowest BCUT2D eigenvalue weighted by molar-refractivity contribution is -0.115. The van der Waals surface area contributed by atoms with Crippen LogP contribution in [0.3, 0.4) is 0 Å². The predicted octanol–water partition coefficient (Wildman–Crippen LogP) is 4.67. The Hall–Kier alpha value is -2.77. The van der Waals surface area contributed by atoms with Gasteiger partial charge in [0.2, 0.25) is 11.7 Å². The molecule has 0 unspecified atom stereocenters. The highest BCUT2D eigenvalue weighted by Gasteiger charge is 2.15. The number of benzene rings is 2. The number of hydrogen-bond acceptors (Lipinski definition) is 6. The number of thiazole rings is 1. The fraction of sp³-hybridized carbons (Fsp3) is 0.200. The molecule has 1 aromatic heterocycles. The molecule has 28 heavy (non-hydrogen) atoms. The van der Waals surface area contributed by atoms with Crippen molar-refractivity contribution in [1.82, 2.24) is 4.98 Å². The number of rotatable bonds is 7. The molecule has 3 aromatic rings. The van der Waals surface area contributed by atoms with Crippen LogP contribution in [0.15, 0.2) is 41.8 Å². The maximum absolute atomic E-state index is 12.5. The summed E-state index contributed by atoms with van der Waals surface area (Å²) in [4.78, 5) is 16.9. The van der Waals surface area contributed by atoms with Gasteiger partial charge in [0.05, 0.1) is 33.4 Å². The van der Waals surface area contributed by atoms with Gasteiger partial charge in [0.15, 0.2) is 16.6 Å². The Kier molecular flexibility index (Phi) is 6.38. The van der Waals surface area contributed by atoms with Gasteiger partial charge < -0.3 is 19.5 Å². The van der Waals surface area contributed by atoms with Gasteiger partial charge in [0.25, 0.3) is 0 Å². The van der Waals surface area contributed by atoms with Crippen molar-refractivity contribution in [3.63, 3.8) is 0 Å². The molecule has 0 saturated heterocycles. The third kappa shape index (κ3) is 4.55. The van der Waals surface area contributed by atoms with Crippen molar-refractivity contribution >= 4 is 34.0 Å². The van der Waals surface area contributed by atoms with E-state index < -0.39 is 0 Å². The Bertz CT molecular complexity index is 948. The van der Waals surface area contributed by atoms with Gasteiger partial charge >= 0.3 is 0 Å². The Morgan fingerprint density at radius 2 is 1.71 bits per heavy atom. The SMILES string of the molecule is COc1cc(CC(=O)Nc2nc(-c3ccc(Cl)cc3)cs2)cc(OC)c1OC. The number of anilines is 1. The second kappa shape index (κ2) is 8.95. The van der Waals surface area contributed by atoms with E-state index in [1.807, 2.05) is 17.5 Å². The molecule has 0 atom stereocenters. The van der Waals surface area contributed by atoms with Gasteiger partial charge in [-0.1, -0.05) is 23.7 Å². The van der Waals surface area contributed by atoms with Gasteiger partial charge in [-0.2, -0.15) is 0 Å². The third-order valence-electron chi connectivity index (χ3n) is 3.98. The molecule has 0 aliphatic rings. The number of carbonyl (C=O) groups is 1. The van der Waals surface area contributed by atoms with Gasteiger partial charge in [-0.25, -0.2) is 4.98 Å². The predicted molar refractivity (Wildman–Crippen MR) is 111 cm³/mol. The number of aromatic nitrogens is 1. The van der Waals surface area contributed by atoms with Crippen LogP contribution in [0.4, 0.5) is 5.13 Å². The van der Waals surface area contributed by atoms with Gasteiger partial charge in [-0.05, 0) is 29.8 Å². The molecule has 1 heterocycles. The maximum Gasteiger partial charge on any atom is 0.230 e. The Balaban J connectivity index is 1.72. The summed E-state index contributed by atoms with van der Waals surface area (Å²) in [5, 5.41) is 5.91. The molecule has 6 nitrogen and oxygen atoms in total. The largest absolute Gasteiger partial charge is 0.493 e. The average Bonchev–Trinajstić information content (AvgIpc) is 3.15. The minimum atomic E-state index is -0.189. The van der Waals surface area contributed by atoms with Crippen LogP contribution in [0.5, 0.6) is 17.2 Å². The van der Waals surface area contributed by atoms with E-state index in [-0.39, 0.29) is 12.3 Å². The minimum absolute atomic E-state index is 0.145. The van der Waals surface area contributed by atoms with E-state index in [1.165, 1.54) is 32.7 Å². The summed E-state index contributed by atoms with van der Waals surface area (Å²) in [5.41, 5.74) is 2.46. The van der Waals surface area contributed by atoms with Crippen molar-refractivity contribution in [2.45, 2.75) is 6.42 Å². The molecule has 0 bridgehead atoms. The highest BCUT2D eigenvalue weighted by atomic mass is 35.5. The minimum Gasteiger partial charge on any atom is -0.493 e. The summed E-state index contributed by atoms with van der Waals surface area (Å²) in [6.07, 6.45) is 0.145. The topological polar surface area (TPSA) is 69.7 Å². The average molecular weight is 419 g/mol. The number of hydrogen-bond donors (Lipinski definition) is 1. The number of carbonyl (C=O) groups excluding carboxylic acids is 1.